The molecule has 5 heteroatoms. The van der Waals surface area contributed by atoms with Gasteiger partial charge in [-0.2, -0.15) is 0 Å². The molecule has 2 atom stereocenters. The summed E-state index contributed by atoms with van der Waals surface area (Å²) in [6.45, 7) is 1.71. The van der Waals surface area contributed by atoms with Crippen molar-refractivity contribution in [2.45, 2.75) is 57.3 Å². The number of nitrogens with one attached hydrogen (secondary N) is 1. The molecule has 1 fully saturated rings. The Bertz CT molecular complexity index is 489. The van der Waals surface area contributed by atoms with Gasteiger partial charge in [0.25, 0.3) is 0 Å². The van der Waals surface area contributed by atoms with E-state index in [0.29, 0.717) is 5.56 Å². The average Bonchev–Trinajstić information content (AvgIpc) is 2.50. The minimum atomic E-state index is -0.627. The summed E-state index contributed by atoms with van der Waals surface area (Å²) in [6, 6.07) is 6.55. The van der Waals surface area contributed by atoms with Crippen LogP contribution < -0.4 is 5.32 Å². The number of rotatable bonds is 5. The third kappa shape index (κ3) is 4.44. The fourth-order valence-electron chi connectivity index (χ4n) is 2.96. The lowest BCUT2D eigenvalue weighted by Gasteiger charge is -2.26. The number of carbonyl (C=O) groups is 1. The van der Waals surface area contributed by atoms with Crippen molar-refractivity contribution in [3.63, 3.8) is 0 Å². The van der Waals surface area contributed by atoms with Gasteiger partial charge >= 0.3 is 6.09 Å². The summed E-state index contributed by atoms with van der Waals surface area (Å²) >= 11 is 0. The summed E-state index contributed by atoms with van der Waals surface area (Å²) in [7, 11) is 1.48. The molecule has 0 radical (unpaired) electrons. The fraction of sp³-hybridized carbons (Fsp3) is 0.588. The Labute approximate surface area is 131 Å². The molecule has 1 aromatic carbocycles. The maximum atomic E-state index is 13.9. The second-order valence-electron chi connectivity index (χ2n) is 5.77. The lowest BCUT2D eigenvalue weighted by molar-refractivity contribution is -0.0176. The normalized spacial score (nSPS) is 18.5. The van der Waals surface area contributed by atoms with Crippen LogP contribution >= 0.6 is 0 Å². The first kappa shape index (κ1) is 16.7. The van der Waals surface area contributed by atoms with Gasteiger partial charge in [0.05, 0.1) is 0 Å². The number of methoxy groups -OCH3 is 1. The van der Waals surface area contributed by atoms with Gasteiger partial charge in [-0.1, -0.05) is 37.5 Å². The first-order chi connectivity index (χ1) is 10.6. The summed E-state index contributed by atoms with van der Waals surface area (Å²) in [6.07, 6.45) is 3.81. The smallest absolute Gasteiger partial charge is 0.407 e. The summed E-state index contributed by atoms with van der Waals surface area (Å²) in [4.78, 5) is 12.0. The molecule has 0 aliphatic heterocycles. The van der Waals surface area contributed by atoms with Crippen LogP contribution in [-0.2, 0) is 9.47 Å². The van der Waals surface area contributed by atoms with E-state index in [1.165, 1.54) is 19.6 Å². The van der Waals surface area contributed by atoms with Crippen LogP contribution in [0.5, 0.6) is 0 Å². The molecule has 1 N–H and O–H groups in total. The third-order valence-corrected chi connectivity index (χ3v) is 4.11. The van der Waals surface area contributed by atoms with E-state index in [1.807, 2.05) is 0 Å². The van der Waals surface area contributed by atoms with E-state index in [0.717, 1.165) is 25.7 Å². The van der Waals surface area contributed by atoms with Gasteiger partial charge in [-0.25, -0.2) is 9.18 Å². The molecule has 2 rings (SSSR count). The average molecular weight is 309 g/mol. The maximum Gasteiger partial charge on any atom is 0.407 e. The van der Waals surface area contributed by atoms with Gasteiger partial charge in [0.2, 0.25) is 0 Å². The zero-order valence-electron chi connectivity index (χ0n) is 13.2. The van der Waals surface area contributed by atoms with Crippen molar-refractivity contribution in [1.82, 2.24) is 5.32 Å². The first-order valence-electron chi connectivity index (χ1n) is 7.86. The Morgan fingerprint density at radius 3 is 2.59 bits per heavy atom. The minimum absolute atomic E-state index is 0.183. The first-order valence-corrected chi connectivity index (χ1v) is 7.86. The van der Waals surface area contributed by atoms with Crippen molar-refractivity contribution >= 4 is 6.09 Å². The van der Waals surface area contributed by atoms with Gasteiger partial charge in [-0.05, 0) is 25.8 Å². The standard InChI is InChI=1S/C17H24FNO3/c1-12(16(21-2)14-10-6-7-11-15(14)18)22-17(20)19-13-8-4-3-5-9-13/h6-7,10-13,16H,3-5,8-9H2,1-2H3,(H,19,20). The van der Waals surface area contributed by atoms with E-state index in [9.17, 15) is 9.18 Å². The fourth-order valence-corrected chi connectivity index (χ4v) is 2.96. The Hall–Kier alpha value is -1.62. The van der Waals surface area contributed by atoms with E-state index >= 15 is 0 Å². The van der Waals surface area contributed by atoms with Gasteiger partial charge in [-0.3, -0.25) is 0 Å². The number of carbonyl (C=O) groups excluding carboxylic acids is 1. The van der Waals surface area contributed by atoms with Crippen LogP contribution in [0, 0.1) is 5.82 Å². The van der Waals surface area contributed by atoms with Crippen LogP contribution in [0.4, 0.5) is 9.18 Å². The molecule has 2 unspecified atom stereocenters. The molecule has 22 heavy (non-hydrogen) atoms. The van der Waals surface area contributed by atoms with Crippen molar-refractivity contribution in [1.29, 1.82) is 0 Å². The topological polar surface area (TPSA) is 47.6 Å². The summed E-state index contributed by atoms with van der Waals surface area (Å²) in [5, 5.41) is 2.88. The number of benzene rings is 1. The number of halogens is 1. The van der Waals surface area contributed by atoms with Crippen LogP contribution in [-0.4, -0.2) is 25.3 Å². The summed E-state index contributed by atoms with van der Waals surface area (Å²) in [5.41, 5.74) is 0.392. The highest BCUT2D eigenvalue weighted by Gasteiger charge is 2.26. The molecule has 0 aromatic heterocycles. The zero-order chi connectivity index (χ0) is 15.9. The molecule has 1 saturated carbocycles. The molecule has 0 heterocycles. The molecular weight excluding hydrogens is 285 g/mol. The number of ether oxygens (including phenoxy) is 2. The molecule has 0 bridgehead atoms. The SMILES string of the molecule is COC(c1ccccc1F)C(C)OC(=O)NC1CCCCC1. The van der Waals surface area contributed by atoms with E-state index in [2.05, 4.69) is 5.32 Å². The number of hydrogen-bond acceptors (Lipinski definition) is 3. The minimum Gasteiger partial charge on any atom is -0.443 e. The Morgan fingerprint density at radius 2 is 1.95 bits per heavy atom. The molecule has 1 aliphatic carbocycles. The molecule has 4 nitrogen and oxygen atoms in total. The maximum absolute atomic E-state index is 13.9. The van der Waals surface area contributed by atoms with Crippen molar-refractivity contribution in [3.8, 4) is 0 Å². The van der Waals surface area contributed by atoms with Crippen LogP contribution in [0.15, 0.2) is 24.3 Å². The number of amides is 1. The second-order valence-corrected chi connectivity index (χ2v) is 5.77. The molecule has 1 amide bonds. The quantitative estimate of drug-likeness (QED) is 0.895. The van der Waals surface area contributed by atoms with Gasteiger partial charge in [-0.15, -0.1) is 0 Å². The number of alkyl carbamates (subject to hydrolysis) is 1. The molecule has 1 aliphatic rings. The van der Waals surface area contributed by atoms with Gasteiger partial charge in [0, 0.05) is 18.7 Å². The van der Waals surface area contributed by atoms with Crippen LogP contribution in [0.25, 0.3) is 0 Å². The highest BCUT2D eigenvalue weighted by molar-refractivity contribution is 5.67. The van der Waals surface area contributed by atoms with Crippen molar-refractivity contribution in [3.05, 3.63) is 35.6 Å². The monoisotopic (exact) mass is 309 g/mol. The highest BCUT2D eigenvalue weighted by atomic mass is 19.1. The Morgan fingerprint density at radius 1 is 1.27 bits per heavy atom. The van der Waals surface area contributed by atoms with Crippen molar-refractivity contribution < 1.29 is 18.7 Å². The summed E-state index contributed by atoms with van der Waals surface area (Å²) < 4.78 is 24.6. The van der Waals surface area contributed by atoms with Crippen molar-refractivity contribution in [2.75, 3.05) is 7.11 Å². The second kappa shape index (κ2) is 8.13. The van der Waals surface area contributed by atoms with Crippen molar-refractivity contribution in [2.24, 2.45) is 0 Å². The Kier molecular flexibility index (Phi) is 6.19. The van der Waals surface area contributed by atoms with E-state index in [1.54, 1.807) is 25.1 Å². The van der Waals surface area contributed by atoms with Gasteiger partial charge < -0.3 is 14.8 Å². The van der Waals surface area contributed by atoms with Crippen LogP contribution in [0.3, 0.4) is 0 Å². The molecule has 122 valence electrons. The predicted molar refractivity (Wildman–Crippen MR) is 82.1 cm³/mol. The van der Waals surface area contributed by atoms with Gasteiger partial charge in [0.15, 0.2) is 0 Å². The molecular formula is C17H24FNO3. The van der Waals surface area contributed by atoms with E-state index in [4.69, 9.17) is 9.47 Å². The highest BCUT2D eigenvalue weighted by Crippen LogP contribution is 2.25. The van der Waals surface area contributed by atoms with Gasteiger partial charge in [0.1, 0.15) is 18.0 Å². The zero-order valence-corrected chi connectivity index (χ0v) is 13.2. The summed E-state index contributed by atoms with van der Waals surface area (Å²) in [5.74, 6) is -0.363. The Balaban J connectivity index is 1.92. The van der Waals surface area contributed by atoms with Crippen LogP contribution in [0.1, 0.15) is 50.7 Å². The molecule has 1 aromatic rings. The predicted octanol–water partition coefficient (Wildman–Crippen LogP) is 3.96. The van der Waals surface area contributed by atoms with E-state index < -0.39 is 18.3 Å². The molecule has 0 saturated heterocycles. The lowest BCUT2D eigenvalue weighted by atomic mass is 9.96. The van der Waals surface area contributed by atoms with Crippen LogP contribution in [0.2, 0.25) is 0 Å². The third-order valence-electron chi connectivity index (χ3n) is 4.11. The lowest BCUT2D eigenvalue weighted by Crippen LogP contribution is -2.39. The van der Waals surface area contributed by atoms with E-state index in [-0.39, 0.29) is 11.9 Å². The number of hydrogen-bond donors (Lipinski definition) is 1. The molecule has 0 spiro atoms. The largest absolute Gasteiger partial charge is 0.443 e.